The van der Waals surface area contributed by atoms with Crippen LogP contribution in [0, 0.1) is 5.92 Å². The Labute approximate surface area is 186 Å². The monoisotopic (exact) mass is 424 g/mol. The van der Waals surface area contributed by atoms with Crippen molar-refractivity contribution >= 4 is 6.08 Å². The molecule has 1 N–H and O–H groups in total. The van der Waals surface area contributed by atoms with E-state index in [-0.39, 0.29) is 5.92 Å². The summed E-state index contributed by atoms with van der Waals surface area (Å²) in [6, 6.07) is 12.1. The van der Waals surface area contributed by atoms with Crippen LogP contribution in [0.15, 0.2) is 52.7 Å². The molecule has 0 amide bonds. The van der Waals surface area contributed by atoms with Gasteiger partial charge < -0.3 is 24.1 Å². The molecule has 2 fully saturated rings. The Morgan fingerprint density at radius 1 is 1.19 bits per heavy atom. The molecule has 2 aliphatic rings. The molecule has 1 saturated carbocycles. The summed E-state index contributed by atoms with van der Waals surface area (Å²) >= 11 is 0. The molecular formula is C26H36N2O3. The minimum Gasteiger partial charge on any atom is -0.497 e. The van der Waals surface area contributed by atoms with Crippen LogP contribution in [0.4, 0.5) is 0 Å². The van der Waals surface area contributed by atoms with E-state index >= 15 is 0 Å². The maximum Gasteiger partial charge on any atom is 0.126 e. The molecule has 168 valence electrons. The third-order valence-corrected chi connectivity index (χ3v) is 6.95. The molecule has 1 aliphatic carbocycles. The van der Waals surface area contributed by atoms with Gasteiger partial charge in [0.25, 0.3) is 0 Å². The maximum atomic E-state index is 12.2. The molecule has 4 rings (SSSR count). The first kappa shape index (κ1) is 22.1. The summed E-state index contributed by atoms with van der Waals surface area (Å²) in [4.78, 5) is 4.93. The zero-order valence-corrected chi connectivity index (χ0v) is 18.9. The van der Waals surface area contributed by atoms with Crippen LogP contribution in [-0.2, 0) is 6.42 Å². The standard InChI is InChI=1S/C26H36N2O3/c1-27-11-13-28(14-12-27)20-23-8-3-6-22(17-25-10-5-15-31-25)19-26(23,29)18-21-7-4-9-24(16-21)30-2/h4-5,7,9-10,15-17,23,29H,3,6,8,11-14,18-20H2,1-2H3. The summed E-state index contributed by atoms with van der Waals surface area (Å²) < 4.78 is 11.0. The number of likely N-dealkylation sites (N-methyl/N-ethyl adjacent to an activating group) is 1. The lowest BCUT2D eigenvalue weighted by Crippen LogP contribution is -2.50. The van der Waals surface area contributed by atoms with Gasteiger partial charge in [0.1, 0.15) is 11.5 Å². The van der Waals surface area contributed by atoms with Gasteiger partial charge in [0.05, 0.1) is 19.0 Å². The SMILES string of the molecule is COc1cccc(CC2(O)CC(=Cc3ccco3)CCCC2CN2CCN(C)CC2)c1. The van der Waals surface area contributed by atoms with Gasteiger partial charge in [0.15, 0.2) is 0 Å². The number of hydrogen-bond donors (Lipinski definition) is 1. The number of nitrogens with zero attached hydrogens (tertiary/aromatic N) is 2. The van der Waals surface area contributed by atoms with Crippen molar-refractivity contribution in [2.75, 3.05) is 46.9 Å². The molecule has 1 aromatic heterocycles. The zero-order valence-electron chi connectivity index (χ0n) is 18.9. The topological polar surface area (TPSA) is 49.1 Å². The van der Waals surface area contributed by atoms with Crippen molar-refractivity contribution in [1.82, 2.24) is 9.80 Å². The summed E-state index contributed by atoms with van der Waals surface area (Å²) in [6.45, 7) is 5.33. The Bertz CT molecular complexity index is 855. The molecular weight excluding hydrogens is 388 g/mol. The molecule has 2 unspecified atom stereocenters. The normalized spacial score (nSPS) is 27.3. The van der Waals surface area contributed by atoms with Gasteiger partial charge >= 0.3 is 0 Å². The maximum absolute atomic E-state index is 12.2. The van der Waals surface area contributed by atoms with Crippen LogP contribution in [-0.4, -0.2) is 67.4 Å². The second-order valence-electron chi connectivity index (χ2n) is 9.32. The Morgan fingerprint density at radius 2 is 2.03 bits per heavy atom. The number of ether oxygens (including phenoxy) is 1. The predicted molar refractivity (Wildman–Crippen MR) is 124 cm³/mol. The fraction of sp³-hybridized carbons (Fsp3) is 0.538. The van der Waals surface area contributed by atoms with E-state index in [9.17, 15) is 5.11 Å². The van der Waals surface area contributed by atoms with Gasteiger partial charge in [-0.3, -0.25) is 0 Å². The van der Waals surface area contributed by atoms with Gasteiger partial charge in [-0.05, 0) is 68.6 Å². The first-order chi connectivity index (χ1) is 15.0. The van der Waals surface area contributed by atoms with Gasteiger partial charge in [0, 0.05) is 45.1 Å². The highest BCUT2D eigenvalue weighted by atomic mass is 16.5. The van der Waals surface area contributed by atoms with Crippen LogP contribution in [0.3, 0.4) is 0 Å². The van der Waals surface area contributed by atoms with E-state index in [0.717, 1.165) is 69.1 Å². The van der Waals surface area contributed by atoms with Crippen LogP contribution < -0.4 is 4.74 Å². The average molecular weight is 425 g/mol. The van der Waals surface area contributed by atoms with E-state index in [1.54, 1.807) is 13.4 Å². The number of hydrogen-bond acceptors (Lipinski definition) is 5. The minimum absolute atomic E-state index is 0.240. The molecule has 2 heterocycles. The number of aliphatic hydroxyl groups is 1. The fourth-order valence-electron chi connectivity index (χ4n) is 5.11. The first-order valence-electron chi connectivity index (χ1n) is 11.5. The van der Waals surface area contributed by atoms with Crippen molar-refractivity contribution in [2.45, 2.75) is 37.7 Å². The smallest absolute Gasteiger partial charge is 0.126 e. The summed E-state index contributed by atoms with van der Waals surface area (Å²) in [5.41, 5.74) is 1.62. The summed E-state index contributed by atoms with van der Waals surface area (Å²) in [5, 5.41) is 12.2. The van der Waals surface area contributed by atoms with E-state index in [1.807, 2.05) is 24.3 Å². The summed E-state index contributed by atoms with van der Waals surface area (Å²) in [7, 11) is 3.88. The zero-order chi connectivity index (χ0) is 21.7. The quantitative estimate of drug-likeness (QED) is 0.708. The first-order valence-corrected chi connectivity index (χ1v) is 11.5. The van der Waals surface area contributed by atoms with Crippen molar-refractivity contribution in [2.24, 2.45) is 5.92 Å². The molecule has 2 atom stereocenters. The molecule has 0 radical (unpaired) electrons. The van der Waals surface area contributed by atoms with Gasteiger partial charge in [-0.2, -0.15) is 0 Å². The Balaban J connectivity index is 1.58. The fourth-order valence-corrected chi connectivity index (χ4v) is 5.11. The number of benzene rings is 1. The highest BCUT2D eigenvalue weighted by Gasteiger charge is 2.40. The van der Waals surface area contributed by atoms with Crippen LogP contribution >= 0.6 is 0 Å². The average Bonchev–Trinajstić information content (AvgIpc) is 3.22. The van der Waals surface area contributed by atoms with Crippen LogP contribution in [0.1, 0.15) is 37.0 Å². The van der Waals surface area contributed by atoms with Crippen molar-refractivity contribution in [3.63, 3.8) is 0 Å². The molecule has 2 aromatic rings. The third-order valence-electron chi connectivity index (χ3n) is 6.95. The number of rotatable bonds is 6. The third kappa shape index (κ3) is 5.79. The van der Waals surface area contributed by atoms with Crippen molar-refractivity contribution in [3.8, 4) is 5.75 Å². The van der Waals surface area contributed by atoms with E-state index in [4.69, 9.17) is 9.15 Å². The highest BCUT2D eigenvalue weighted by Crippen LogP contribution is 2.39. The van der Waals surface area contributed by atoms with Gasteiger partial charge in [0.2, 0.25) is 0 Å². The van der Waals surface area contributed by atoms with E-state index in [0.29, 0.717) is 12.8 Å². The molecule has 1 aromatic carbocycles. The van der Waals surface area contributed by atoms with E-state index in [1.165, 1.54) is 5.57 Å². The van der Waals surface area contributed by atoms with Crippen molar-refractivity contribution in [1.29, 1.82) is 0 Å². The number of methoxy groups -OCH3 is 1. The van der Waals surface area contributed by atoms with Gasteiger partial charge in [-0.1, -0.05) is 17.7 Å². The second-order valence-corrected chi connectivity index (χ2v) is 9.32. The molecule has 0 spiro atoms. The molecule has 0 bridgehead atoms. The highest BCUT2D eigenvalue weighted by molar-refractivity contribution is 5.48. The lowest BCUT2D eigenvalue weighted by atomic mass is 9.77. The van der Waals surface area contributed by atoms with Crippen LogP contribution in [0.5, 0.6) is 5.75 Å². The molecule has 5 heteroatoms. The second kappa shape index (κ2) is 10.0. The lowest BCUT2D eigenvalue weighted by Gasteiger charge is -2.41. The van der Waals surface area contributed by atoms with Crippen LogP contribution in [0.2, 0.25) is 0 Å². The minimum atomic E-state index is -0.787. The van der Waals surface area contributed by atoms with Crippen molar-refractivity contribution < 1.29 is 14.3 Å². The van der Waals surface area contributed by atoms with Gasteiger partial charge in [-0.25, -0.2) is 0 Å². The van der Waals surface area contributed by atoms with E-state index in [2.05, 4.69) is 35.1 Å². The van der Waals surface area contributed by atoms with Crippen LogP contribution in [0.25, 0.3) is 6.08 Å². The van der Waals surface area contributed by atoms with Crippen molar-refractivity contribution in [3.05, 3.63) is 59.6 Å². The van der Waals surface area contributed by atoms with E-state index < -0.39 is 5.60 Å². The Morgan fingerprint density at radius 3 is 2.77 bits per heavy atom. The summed E-state index contributed by atoms with van der Waals surface area (Å²) in [6.07, 6.45) is 8.33. The molecule has 31 heavy (non-hydrogen) atoms. The predicted octanol–water partition coefficient (Wildman–Crippen LogP) is 4.08. The molecule has 1 aliphatic heterocycles. The molecule has 5 nitrogen and oxygen atoms in total. The molecule has 1 saturated heterocycles. The Kier molecular flexibility index (Phi) is 7.16. The number of furan rings is 1. The number of piperazine rings is 1. The Hall–Kier alpha value is -2.08. The van der Waals surface area contributed by atoms with Gasteiger partial charge in [-0.15, -0.1) is 0 Å². The lowest BCUT2D eigenvalue weighted by molar-refractivity contribution is -0.0347. The summed E-state index contributed by atoms with van der Waals surface area (Å²) in [5.74, 6) is 1.96. The largest absolute Gasteiger partial charge is 0.497 e.